The van der Waals surface area contributed by atoms with E-state index in [0.29, 0.717) is 5.02 Å². The van der Waals surface area contributed by atoms with Crippen molar-refractivity contribution in [3.8, 4) is 5.69 Å². The second kappa shape index (κ2) is 5.51. The number of aliphatic hydroxyl groups is 1. The Balaban J connectivity index is 1.91. The molecule has 4 rings (SSSR count). The molecule has 110 valence electrons. The van der Waals surface area contributed by atoms with Gasteiger partial charge in [0.2, 0.25) is 0 Å². The standard InChI is InChI=1S/C18H14ClNOS/c19-13-8-9-16-15(11-13)20-10-4-7-14(20)17(21)18(22-16)12-5-2-1-3-6-12/h1-11,17-18,21H. The van der Waals surface area contributed by atoms with E-state index in [1.807, 2.05) is 59.3 Å². The van der Waals surface area contributed by atoms with Gasteiger partial charge in [-0.2, -0.15) is 0 Å². The van der Waals surface area contributed by atoms with Crippen LogP contribution in [0.25, 0.3) is 5.69 Å². The third-order valence-electron chi connectivity index (χ3n) is 3.93. The second-order valence-corrected chi connectivity index (χ2v) is 6.93. The van der Waals surface area contributed by atoms with Crippen molar-refractivity contribution >= 4 is 23.4 Å². The zero-order valence-corrected chi connectivity index (χ0v) is 13.3. The summed E-state index contributed by atoms with van der Waals surface area (Å²) < 4.78 is 2.03. The van der Waals surface area contributed by atoms with Gasteiger partial charge in [0, 0.05) is 16.1 Å². The Kier molecular flexibility index (Phi) is 3.49. The number of nitrogens with zero attached hydrogens (tertiary/aromatic N) is 1. The molecule has 0 amide bonds. The first-order chi connectivity index (χ1) is 10.7. The minimum Gasteiger partial charge on any atom is -0.385 e. The van der Waals surface area contributed by atoms with Gasteiger partial charge in [0.25, 0.3) is 0 Å². The highest BCUT2D eigenvalue weighted by molar-refractivity contribution is 7.99. The van der Waals surface area contributed by atoms with Crippen LogP contribution in [0, 0.1) is 0 Å². The molecule has 2 unspecified atom stereocenters. The summed E-state index contributed by atoms with van der Waals surface area (Å²) in [5.41, 5.74) is 3.04. The highest BCUT2D eigenvalue weighted by atomic mass is 35.5. The third-order valence-corrected chi connectivity index (χ3v) is 5.55. The fraction of sp³-hybridized carbons (Fsp3) is 0.111. The van der Waals surface area contributed by atoms with Crippen LogP contribution < -0.4 is 0 Å². The lowest BCUT2D eigenvalue weighted by Crippen LogP contribution is -2.09. The molecule has 3 aromatic rings. The van der Waals surface area contributed by atoms with Crippen molar-refractivity contribution in [1.29, 1.82) is 0 Å². The maximum absolute atomic E-state index is 10.9. The fourth-order valence-electron chi connectivity index (χ4n) is 2.88. The van der Waals surface area contributed by atoms with E-state index < -0.39 is 6.10 Å². The van der Waals surface area contributed by atoms with Gasteiger partial charge in [-0.15, -0.1) is 11.8 Å². The molecule has 0 radical (unpaired) electrons. The zero-order valence-electron chi connectivity index (χ0n) is 11.7. The molecule has 1 N–H and O–H groups in total. The predicted molar refractivity (Wildman–Crippen MR) is 90.8 cm³/mol. The van der Waals surface area contributed by atoms with Crippen LogP contribution in [0.3, 0.4) is 0 Å². The van der Waals surface area contributed by atoms with E-state index in [1.54, 1.807) is 11.8 Å². The van der Waals surface area contributed by atoms with Crippen LogP contribution in [0.4, 0.5) is 0 Å². The molecule has 22 heavy (non-hydrogen) atoms. The Morgan fingerprint density at radius 2 is 1.82 bits per heavy atom. The molecule has 2 aromatic carbocycles. The van der Waals surface area contributed by atoms with Crippen LogP contribution in [0.5, 0.6) is 0 Å². The molecule has 1 aliphatic heterocycles. The highest BCUT2D eigenvalue weighted by Crippen LogP contribution is 2.49. The van der Waals surface area contributed by atoms with Crippen molar-refractivity contribution in [1.82, 2.24) is 4.57 Å². The number of benzene rings is 2. The number of fused-ring (bicyclic) bond motifs is 3. The molecule has 0 bridgehead atoms. The topological polar surface area (TPSA) is 25.2 Å². The summed E-state index contributed by atoms with van der Waals surface area (Å²) in [6.07, 6.45) is 1.40. The average Bonchev–Trinajstić information content (AvgIpc) is 2.99. The molecular formula is C18H14ClNOS. The SMILES string of the molecule is OC1c2cccn2-c2cc(Cl)ccc2SC1c1ccccc1. The lowest BCUT2D eigenvalue weighted by molar-refractivity contribution is 0.169. The minimum atomic E-state index is -0.575. The highest BCUT2D eigenvalue weighted by Gasteiger charge is 2.30. The van der Waals surface area contributed by atoms with Crippen molar-refractivity contribution in [2.45, 2.75) is 16.2 Å². The number of hydrogen-bond acceptors (Lipinski definition) is 2. The first-order valence-corrected chi connectivity index (χ1v) is 8.36. The predicted octanol–water partition coefficient (Wildman–Crippen LogP) is 5.01. The largest absolute Gasteiger partial charge is 0.385 e. The molecule has 0 saturated heterocycles. The summed E-state index contributed by atoms with van der Waals surface area (Å²) in [5, 5.41) is 11.6. The number of rotatable bonds is 1. The van der Waals surface area contributed by atoms with Gasteiger partial charge >= 0.3 is 0 Å². The molecule has 1 aromatic heterocycles. The first-order valence-electron chi connectivity index (χ1n) is 7.11. The summed E-state index contributed by atoms with van der Waals surface area (Å²) in [6, 6.07) is 19.9. The van der Waals surface area contributed by atoms with Crippen molar-refractivity contribution in [3.05, 3.63) is 83.1 Å². The number of aliphatic hydroxyl groups excluding tert-OH is 1. The van der Waals surface area contributed by atoms with Crippen LogP contribution in [-0.4, -0.2) is 9.67 Å². The van der Waals surface area contributed by atoms with E-state index in [0.717, 1.165) is 21.8 Å². The molecule has 4 heteroatoms. The minimum absolute atomic E-state index is 0.0442. The van der Waals surface area contributed by atoms with E-state index in [9.17, 15) is 5.11 Å². The van der Waals surface area contributed by atoms with Gasteiger partial charge in [0.15, 0.2) is 0 Å². The average molecular weight is 328 g/mol. The maximum atomic E-state index is 10.9. The number of halogens is 1. The van der Waals surface area contributed by atoms with Crippen LogP contribution in [0.1, 0.15) is 22.6 Å². The number of aromatic nitrogens is 1. The number of thioether (sulfide) groups is 1. The van der Waals surface area contributed by atoms with Gasteiger partial charge in [-0.25, -0.2) is 0 Å². The molecule has 2 nitrogen and oxygen atoms in total. The van der Waals surface area contributed by atoms with Crippen molar-refractivity contribution in [2.75, 3.05) is 0 Å². The van der Waals surface area contributed by atoms with Crippen LogP contribution in [-0.2, 0) is 0 Å². The van der Waals surface area contributed by atoms with Gasteiger partial charge in [-0.1, -0.05) is 41.9 Å². The lowest BCUT2D eigenvalue weighted by Gasteiger charge is -2.20. The summed E-state index contributed by atoms with van der Waals surface area (Å²) in [4.78, 5) is 1.12. The Bertz CT molecular complexity index is 815. The van der Waals surface area contributed by atoms with Gasteiger partial charge < -0.3 is 9.67 Å². The molecule has 2 heterocycles. The Morgan fingerprint density at radius 3 is 2.64 bits per heavy atom. The van der Waals surface area contributed by atoms with E-state index in [-0.39, 0.29) is 5.25 Å². The molecule has 2 atom stereocenters. The van der Waals surface area contributed by atoms with Gasteiger partial charge in [-0.3, -0.25) is 0 Å². The Hall–Kier alpha value is -1.68. The lowest BCUT2D eigenvalue weighted by atomic mass is 10.0. The molecule has 0 fully saturated rings. The van der Waals surface area contributed by atoms with E-state index in [2.05, 4.69) is 12.1 Å². The Labute approximate surface area is 138 Å². The summed E-state index contributed by atoms with van der Waals surface area (Å²) >= 11 is 7.85. The maximum Gasteiger partial charge on any atom is 0.111 e. The molecule has 0 aliphatic carbocycles. The summed E-state index contributed by atoms with van der Waals surface area (Å²) in [6.45, 7) is 0. The van der Waals surface area contributed by atoms with Gasteiger partial charge in [0.05, 0.1) is 16.6 Å². The fourth-order valence-corrected chi connectivity index (χ4v) is 4.31. The van der Waals surface area contributed by atoms with Gasteiger partial charge in [-0.05, 0) is 35.9 Å². The third kappa shape index (κ3) is 2.26. The van der Waals surface area contributed by atoms with Crippen LogP contribution in [0.15, 0.2) is 71.8 Å². The monoisotopic (exact) mass is 327 g/mol. The van der Waals surface area contributed by atoms with Crippen molar-refractivity contribution in [2.24, 2.45) is 0 Å². The molecule has 0 saturated carbocycles. The van der Waals surface area contributed by atoms with Crippen molar-refractivity contribution in [3.63, 3.8) is 0 Å². The molecule has 0 spiro atoms. The molecule has 1 aliphatic rings. The number of hydrogen-bond donors (Lipinski definition) is 1. The normalized spacial score (nSPS) is 20.1. The van der Waals surface area contributed by atoms with Gasteiger partial charge in [0.1, 0.15) is 6.10 Å². The zero-order chi connectivity index (χ0) is 15.1. The van der Waals surface area contributed by atoms with E-state index >= 15 is 0 Å². The first kappa shape index (κ1) is 13.9. The van der Waals surface area contributed by atoms with E-state index in [1.165, 1.54) is 0 Å². The molecular weight excluding hydrogens is 314 g/mol. The van der Waals surface area contributed by atoms with Crippen molar-refractivity contribution < 1.29 is 5.11 Å². The summed E-state index contributed by atoms with van der Waals surface area (Å²) in [5.74, 6) is 0. The quantitative estimate of drug-likeness (QED) is 0.679. The Morgan fingerprint density at radius 1 is 1.00 bits per heavy atom. The van der Waals surface area contributed by atoms with Crippen LogP contribution >= 0.6 is 23.4 Å². The summed E-state index contributed by atoms with van der Waals surface area (Å²) in [7, 11) is 0. The van der Waals surface area contributed by atoms with Crippen LogP contribution in [0.2, 0.25) is 5.02 Å². The van der Waals surface area contributed by atoms with E-state index in [4.69, 9.17) is 11.6 Å². The smallest absolute Gasteiger partial charge is 0.111 e. The second-order valence-electron chi connectivity index (χ2n) is 5.31.